The molecule has 24 heavy (non-hydrogen) atoms. The number of nitrogens with two attached hydrogens (primary N) is 1. The first-order valence-electron chi connectivity index (χ1n) is 8.35. The van der Waals surface area contributed by atoms with Crippen LogP contribution >= 0.6 is 11.3 Å². The summed E-state index contributed by atoms with van der Waals surface area (Å²) in [5, 5.41) is 0.545. The number of aromatic nitrogens is 1. The molecule has 2 N–H and O–H groups in total. The van der Waals surface area contributed by atoms with E-state index in [1.807, 2.05) is 4.90 Å². The van der Waals surface area contributed by atoms with E-state index in [2.05, 4.69) is 4.98 Å². The Kier molecular flexibility index (Phi) is 3.89. The van der Waals surface area contributed by atoms with Crippen LogP contribution in [0.4, 0.5) is 4.39 Å². The second kappa shape index (κ2) is 5.93. The van der Waals surface area contributed by atoms with Gasteiger partial charge in [0.1, 0.15) is 15.7 Å². The van der Waals surface area contributed by atoms with Gasteiger partial charge < -0.3 is 10.6 Å². The molecule has 6 heteroatoms. The molecule has 1 aliphatic heterocycles. The molecule has 2 fully saturated rings. The van der Waals surface area contributed by atoms with Gasteiger partial charge in [-0.25, -0.2) is 9.37 Å². The summed E-state index contributed by atoms with van der Waals surface area (Å²) in [5.74, 6) is -0.323. The molecular weight excluding hydrogens is 325 g/mol. The molecule has 4 nitrogen and oxygen atoms in total. The van der Waals surface area contributed by atoms with Crippen molar-refractivity contribution in [2.45, 2.75) is 31.7 Å². The SMILES string of the molecule is NC1CCN(C(=O)c2cnc(-c3ccccc3F)s2)CC12CCC2. The zero-order valence-electron chi connectivity index (χ0n) is 13.4. The average Bonchev–Trinajstić information content (AvgIpc) is 3.03. The van der Waals surface area contributed by atoms with E-state index in [0.29, 0.717) is 22.0 Å². The molecule has 1 unspecified atom stereocenters. The number of likely N-dealkylation sites (tertiary alicyclic amines) is 1. The van der Waals surface area contributed by atoms with Gasteiger partial charge in [-0.3, -0.25) is 4.79 Å². The molecule has 2 heterocycles. The Labute approximate surface area is 144 Å². The fourth-order valence-corrected chi connectivity index (χ4v) is 4.71. The highest BCUT2D eigenvalue weighted by Crippen LogP contribution is 2.47. The Morgan fingerprint density at radius 2 is 2.17 bits per heavy atom. The lowest BCUT2D eigenvalue weighted by Crippen LogP contribution is -2.59. The molecule has 1 amide bonds. The summed E-state index contributed by atoms with van der Waals surface area (Å²) in [6.45, 7) is 1.43. The molecule has 0 radical (unpaired) electrons. The smallest absolute Gasteiger partial charge is 0.265 e. The summed E-state index contributed by atoms with van der Waals surface area (Å²) in [7, 11) is 0. The number of nitrogens with zero attached hydrogens (tertiary/aromatic N) is 2. The van der Waals surface area contributed by atoms with E-state index in [1.165, 1.54) is 23.8 Å². The van der Waals surface area contributed by atoms with E-state index in [9.17, 15) is 9.18 Å². The molecule has 1 saturated heterocycles. The predicted octanol–water partition coefficient (Wildman–Crippen LogP) is 3.29. The Morgan fingerprint density at radius 1 is 1.38 bits per heavy atom. The average molecular weight is 345 g/mol. The molecule has 0 bridgehead atoms. The highest BCUT2D eigenvalue weighted by atomic mass is 32.1. The van der Waals surface area contributed by atoms with Gasteiger partial charge in [-0.05, 0) is 31.4 Å². The number of hydrogen-bond donors (Lipinski definition) is 1. The van der Waals surface area contributed by atoms with Crippen LogP contribution < -0.4 is 5.73 Å². The first-order valence-corrected chi connectivity index (χ1v) is 9.16. The summed E-state index contributed by atoms with van der Waals surface area (Å²) in [6, 6.07) is 6.71. The maximum atomic E-state index is 13.9. The zero-order chi connectivity index (χ0) is 16.7. The largest absolute Gasteiger partial charge is 0.337 e. The number of halogens is 1. The molecule has 1 spiro atoms. The lowest BCUT2D eigenvalue weighted by atomic mass is 9.61. The molecule has 4 rings (SSSR count). The van der Waals surface area contributed by atoms with E-state index < -0.39 is 0 Å². The van der Waals surface area contributed by atoms with Gasteiger partial charge in [0.2, 0.25) is 0 Å². The Hall–Kier alpha value is -1.79. The molecule has 2 aliphatic rings. The molecule has 1 aromatic heterocycles. The van der Waals surface area contributed by atoms with E-state index in [-0.39, 0.29) is 23.2 Å². The van der Waals surface area contributed by atoms with Gasteiger partial charge in [-0.1, -0.05) is 18.6 Å². The minimum Gasteiger partial charge on any atom is -0.337 e. The predicted molar refractivity (Wildman–Crippen MR) is 92.3 cm³/mol. The van der Waals surface area contributed by atoms with E-state index in [1.54, 1.807) is 24.4 Å². The molecule has 1 saturated carbocycles. The van der Waals surface area contributed by atoms with Crippen LogP contribution in [0.2, 0.25) is 0 Å². The molecule has 2 aromatic rings. The number of carbonyl (C=O) groups excluding carboxylic acids is 1. The lowest BCUT2D eigenvalue weighted by Gasteiger charge is -2.52. The number of piperidine rings is 1. The van der Waals surface area contributed by atoms with Crippen molar-refractivity contribution in [3.63, 3.8) is 0 Å². The number of thiazole rings is 1. The fraction of sp³-hybridized carbons (Fsp3) is 0.444. The third-order valence-corrected chi connectivity index (χ3v) is 6.48. The first-order chi connectivity index (χ1) is 11.6. The third-order valence-electron chi connectivity index (χ3n) is 5.46. The lowest BCUT2D eigenvalue weighted by molar-refractivity contribution is 0.00406. The highest BCUT2D eigenvalue weighted by molar-refractivity contribution is 7.16. The van der Waals surface area contributed by atoms with Crippen LogP contribution in [-0.4, -0.2) is 34.9 Å². The molecule has 1 aliphatic carbocycles. The highest BCUT2D eigenvalue weighted by Gasteiger charge is 2.47. The van der Waals surface area contributed by atoms with Crippen LogP contribution in [0, 0.1) is 11.2 Å². The molecule has 1 atom stereocenters. The van der Waals surface area contributed by atoms with Crippen molar-refractivity contribution in [3.05, 3.63) is 41.2 Å². The van der Waals surface area contributed by atoms with Gasteiger partial charge >= 0.3 is 0 Å². The minimum absolute atomic E-state index is 0.00624. The first kappa shape index (κ1) is 15.7. The summed E-state index contributed by atoms with van der Waals surface area (Å²) in [6.07, 6.45) is 5.84. The van der Waals surface area contributed by atoms with Gasteiger partial charge in [-0.2, -0.15) is 0 Å². The summed E-state index contributed by atoms with van der Waals surface area (Å²) < 4.78 is 13.9. The summed E-state index contributed by atoms with van der Waals surface area (Å²) in [5.41, 5.74) is 6.84. The van der Waals surface area contributed by atoms with E-state index >= 15 is 0 Å². The van der Waals surface area contributed by atoms with Crippen LogP contribution in [0.15, 0.2) is 30.5 Å². The second-order valence-corrected chi connectivity index (χ2v) is 7.88. The van der Waals surface area contributed by atoms with E-state index in [4.69, 9.17) is 5.73 Å². The zero-order valence-corrected chi connectivity index (χ0v) is 14.2. The topological polar surface area (TPSA) is 59.2 Å². The van der Waals surface area contributed by atoms with Crippen molar-refractivity contribution in [1.82, 2.24) is 9.88 Å². The molecule has 126 valence electrons. The maximum absolute atomic E-state index is 13.9. The van der Waals surface area contributed by atoms with E-state index in [0.717, 1.165) is 25.8 Å². The summed E-state index contributed by atoms with van der Waals surface area (Å²) in [4.78, 5) is 19.6. The minimum atomic E-state index is -0.316. The van der Waals surface area contributed by atoms with Crippen molar-refractivity contribution in [3.8, 4) is 10.6 Å². The van der Waals surface area contributed by atoms with Crippen molar-refractivity contribution in [2.24, 2.45) is 11.1 Å². The van der Waals surface area contributed by atoms with Crippen molar-refractivity contribution in [1.29, 1.82) is 0 Å². The van der Waals surface area contributed by atoms with Crippen LogP contribution in [0.5, 0.6) is 0 Å². The Bertz CT molecular complexity index is 771. The standard InChI is InChI=1S/C18H20FN3OS/c19-13-5-2-1-4-12(13)16-21-10-14(24-16)17(23)22-9-6-15(20)18(11-22)7-3-8-18/h1-2,4-5,10,15H,3,6-9,11,20H2. The Morgan fingerprint density at radius 3 is 2.88 bits per heavy atom. The number of amides is 1. The summed E-state index contributed by atoms with van der Waals surface area (Å²) >= 11 is 1.25. The number of hydrogen-bond acceptors (Lipinski definition) is 4. The molecular formula is C18H20FN3OS. The number of rotatable bonds is 2. The van der Waals surface area contributed by atoms with Crippen LogP contribution in [0.3, 0.4) is 0 Å². The maximum Gasteiger partial charge on any atom is 0.265 e. The normalized spacial score (nSPS) is 22.4. The van der Waals surface area contributed by atoms with Gasteiger partial charge in [0, 0.05) is 30.1 Å². The van der Waals surface area contributed by atoms with Gasteiger partial charge in [-0.15, -0.1) is 11.3 Å². The van der Waals surface area contributed by atoms with Gasteiger partial charge in [0.15, 0.2) is 0 Å². The Balaban J connectivity index is 1.54. The van der Waals surface area contributed by atoms with Crippen LogP contribution in [-0.2, 0) is 0 Å². The number of benzene rings is 1. The van der Waals surface area contributed by atoms with Gasteiger partial charge in [0.25, 0.3) is 5.91 Å². The van der Waals surface area contributed by atoms with Crippen molar-refractivity contribution >= 4 is 17.2 Å². The van der Waals surface area contributed by atoms with Gasteiger partial charge in [0.05, 0.1) is 6.20 Å². The third kappa shape index (κ3) is 2.54. The van der Waals surface area contributed by atoms with Crippen molar-refractivity contribution < 1.29 is 9.18 Å². The number of carbonyl (C=O) groups is 1. The fourth-order valence-electron chi connectivity index (χ4n) is 3.80. The quantitative estimate of drug-likeness (QED) is 0.908. The van der Waals surface area contributed by atoms with Crippen molar-refractivity contribution in [2.75, 3.05) is 13.1 Å². The van der Waals surface area contributed by atoms with Crippen LogP contribution in [0.25, 0.3) is 10.6 Å². The second-order valence-electron chi connectivity index (χ2n) is 6.85. The monoisotopic (exact) mass is 345 g/mol. The van der Waals surface area contributed by atoms with Crippen LogP contribution in [0.1, 0.15) is 35.4 Å². The molecule has 1 aromatic carbocycles.